The van der Waals surface area contributed by atoms with E-state index in [0.29, 0.717) is 52.9 Å². The van der Waals surface area contributed by atoms with Gasteiger partial charge in [0.25, 0.3) is 0 Å². The SMILES string of the molecule is C=CCCCC=CCOCCO[Si](OCCOCC=CCCCC=C)(OCCOCC=CCCCC=C)OCCOCC=CCCCC=C. The van der Waals surface area contributed by atoms with Crippen molar-refractivity contribution in [3.63, 3.8) is 0 Å². The summed E-state index contributed by atoms with van der Waals surface area (Å²) in [6.45, 7) is 19.6. The van der Waals surface area contributed by atoms with Crippen LogP contribution < -0.4 is 0 Å². The monoisotopic (exact) mass is 704 g/mol. The topological polar surface area (TPSA) is 73.8 Å². The van der Waals surface area contributed by atoms with Gasteiger partial charge in [0.1, 0.15) is 0 Å². The number of unbranched alkanes of at least 4 members (excludes halogenated alkanes) is 8. The summed E-state index contributed by atoms with van der Waals surface area (Å²) in [4.78, 5) is 0. The first-order chi connectivity index (χ1) is 24.2. The highest BCUT2D eigenvalue weighted by Gasteiger charge is 2.46. The van der Waals surface area contributed by atoms with Crippen LogP contribution in [0.2, 0.25) is 0 Å². The molecule has 0 bridgehead atoms. The maximum Gasteiger partial charge on any atom is 0.680 e. The second-order valence-corrected chi connectivity index (χ2v) is 13.1. The molecule has 0 aliphatic rings. The zero-order valence-corrected chi connectivity index (χ0v) is 31.5. The average molecular weight is 705 g/mol. The third-order valence-corrected chi connectivity index (χ3v) is 8.90. The van der Waals surface area contributed by atoms with Crippen molar-refractivity contribution in [3.8, 4) is 0 Å². The Labute approximate surface area is 300 Å². The fraction of sp³-hybridized carbons (Fsp3) is 0.600. The second-order valence-electron chi connectivity index (χ2n) is 11.0. The van der Waals surface area contributed by atoms with Crippen molar-refractivity contribution in [3.05, 3.63) is 99.2 Å². The molecule has 0 radical (unpaired) electrons. The smallest absolute Gasteiger partial charge is 0.375 e. The van der Waals surface area contributed by atoms with Gasteiger partial charge in [0.05, 0.1) is 79.3 Å². The molecule has 0 fully saturated rings. The Hall–Kier alpha value is -2.18. The summed E-state index contributed by atoms with van der Waals surface area (Å²) in [6.07, 6.45) is 36.8. The molecule has 0 amide bonds. The summed E-state index contributed by atoms with van der Waals surface area (Å²) in [5.74, 6) is 0. The summed E-state index contributed by atoms with van der Waals surface area (Å²) in [6, 6.07) is 0. The molecule has 280 valence electrons. The molecule has 0 rings (SSSR count). The molecule has 0 saturated heterocycles. The second kappa shape index (κ2) is 40.2. The molecule has 0 aliphatic heterocycles. The molecule has 0 aliphatic carbocycles. The largest absolute Gasteiger partial charge is 0.680 e. The van der Waals surface area contributed by atoms with Gasteiger partial charge in [0, 0.05) is 0 Å². The first kappa shape index (κ1) is 46.8. The van der Waals surface area contributed by atoms with Crippen LogP contribution in [0.3, 0.4) is 0 Å². The Bertz CT molecular complexity index is 729. The van der Waals surface area contributed by atoms with Gasteiger partial charge in [-0.2, -0.15) is 0 Å². The molecule has 0 aromatic rings. The van der Waals surface area contributed by atoms with Gasteiger partial charge in [0.15, 0.2) is 0 Å². The highest BCUT2D eigenvalue weighted by Crippen LogP contribution is 2.13. The number of hydrogen-bond acceptors (Lipinski definition) is 8. The summed E-state index contributed by atoms with van der Waals surface area (Å²) in [5.41, 5.74) is 0. The van der Waals surface area contributed by atoms with E-state index in [9.17, 15) is 0 Å². The highest BCUT2D eigenvalue weighted by molar-refractivity contribution is 6.53. The van der Waals surface area contributed by atoms with Crippen molar-refractivity contribution in [2.45, 2.75) is 77.0 Å². The Kier molecular flexibility index (Phi) is 38.5. The molecule has 9 heteroatoms. The van der Waals surface area contributed by atoms with Crippen LogP contribution in [0, 0.1) is 0 Å². The van der Waals surface area contributed by atoms with Crippen molar-refractivity contribution in [1.82, 2.24) is 0 Å². The molecule has 0 saturated carbocycles. The number of rotatable bonds is 40. The predicted octanol–water partition coefficient (Wildman–Crippen LogP) is 9.20. The maximum absolute atomic E-state index is 6.22. The van der Waals surface area contributed by atoms with Crippen LogP contribution in [-0.4, -0.2) is 88.3 Å². The van der Waals surface area contributed by atoms with Crippen molar-refractivity contribution in [2.75, 3.05) is 79.3 Å². The lowest BCUT2D eigenvalue weighted by atomic mass is 10.2. The Morgan fingerprint density at radius 1 is 0.306 bits per heavy atom. The van der Waals surface area contributed by atoms with Gasteiger partial charge in [-0.25, -0.2) is 0 Å². The minimum absolute atomic E-state index is 0.257. The molecule has 49 heavy (non-hydrogen) atoms. The number of allylic oxidation sites excluding steroid dienone is 8. The minimum Gasteiger partial charge on any atom is -0.375 e. The normalized spacial score (nSPS) is 13.2. The van der Waals surface area contributed by atoms with Gasteiger partial charge in [0.2, 0.25) is 0 Å². The Morgan fingerprint density at radius 3 is 0.776 bits per heavy atom. The standard InChI is InChI=1S/C40H68O8Si/c1-5-9-13-17-21-25-29-41-33-37-45-49(46-38-34-42-30-26-22-18-14-10-6-2,47-39-35-43-31-27-23-19-15-11-7-3)48-40-36-44-32-28-24-20-16-12-8-4/h5-8,21-28H,1-4,9-20,29-40H2. The number of ether oxygens (including phenoxy) is 4. The molecule has 0 N–H and O–H groups in total. The molecular formula is C40H68O8Si. The van der Waals surface area contributed by atoms with Crippen LogP contribution in [0.5, 0.6) is 0 Å². The van der Waals surface area contributed by atoms with E-state index in [1.165, 1.54) is 0 Å². The molecule has 0 aromatic heterocycles. The summed E-state index contributed by atoms with van der Waals surface area (Å²) >= 11 is 0. The van der Waals surface area contributed by atoms with E-state index in [1.54, 1.807) is 0 Å². The third kappa shape index (κ3) is 35.4. The lowest BCUT2D eigenvalue weighted by Gasteiger charge is -2.28. The molecule has 0 aromatic carbocycles. The Morgan fingerprint density at radius 2 is 0.551 bits per heavy atom. The predicted molar refractivity (Wildman–Crippen MR) is 206 cm³/mol. The van der Waals surface area contributed by atoms with Gasteiger partial charge in [-0.1, -0.05) is 72.9 Å². The first-order valence-corrected chi connectivity index (χ1v) is 19.8. The minimum atomic E-state index is -3.59. The zero-order chi connectivity index (χ0) is 35.6. The molecule has 0 atom stereocenters. The average Bonchev–Trinajstić information content (AvgIpc) is 3.11. The van der Waals surface area contributed by atoms with Gasteiger partial charge >= 0.3 is 9.05 Å². The van der Waals surface area contributed by atoms with Crippen LogP contribution in [0.25, 0.3) is 0 Å². The van der Waals surface area contributed by atoms with Crippen LogP contribution >= 0.6 is 0 Å². The summed E-state index contributed by atoms with van der Waals surface area (Å²) < 4.78 is 47.9. The maximum atomic E-state index is 6.22. The van der Waals surface area contributed by atoms with E-state index < -0.39 is 9.05 Å². The van der Waals surface area contributed by atoms with Crippen molar-refractivity contribution in [1.29, 1.82) is 0 Å². The van der Waals surface area contributed by atoms with Crippen LogP contribution in [0.15, 0.2) is 99.2 Å². The van der Waals surface area contributed by atoms with Gasteiger partial charge in [-0.05, 0) is 77.0 Å². The summed E-state index contributed by atoms with van der Waals surface area (Å²) in [5, 5.41) is 0. The van der Waals surface area contributed by atoms with Crippen molar-refractivity contribution in [2.24, 2.45) is 0 Å². The van der Waals surface area contributed by atoms with E-state index in [0.717, 1.165) is 77.0 Å². The van der Waals surface area contributed by atoms with E-state index in [1.807, 2.05) is 48.6 Å². The van der Waals surface area contributed by atoms with Crippen molar-refractivity contribution >= 4 is 9.05 Å². The van der Waals surface area contributed by atoms with Gasteiger partial charge in [-0.3, -0.25) is 0 Å². The third-order valence-electron chi connectivity index (χ3n) is 6.67. The fourth-order valence-electron chi connectivity index (χ4n) is 4.02. The van der Waals surface area contributed by atoms with E-state index in [2.05, 4.69) is 50.6 Å². The molecule has 0 unspecified atom stereocenters. The number of hydrogen-bond donors (Lipinski definition) is 0. The lowest BCUT2D eigenvalue weighted by Crippen LogP contribution is -2.51. The highest BCUT2D eigenvalue weighted by atomic mass is 28.4. The zero-order valence-electron chi connectivity index (χ0n) is 30.5. The molecule has 8 nitrogen and oxygen atoms in total. The van der Waals surface area contributed by atoms with Crippen LogP contribution in [0.1, 0.15) is 77.0 Å². The molecular weight excluding hydrogens is 637 g/mol. The van der Waals surface area contributed by atoms with Crippen molar-refractivity contribution < 1.29 is 36.7 Å². The quantitative estimate of drug-likeness (QED) is 0.0355. The van der Waals surface area contributed by atoms with Gasteiger partial charge in [-0.15, -0.1) is 26.3 Å². The van der Waals surface area contributed by atoms with E-state index in [4.69, 9.17) is 36.7 Å². The lowest BCUT2D eigenvalue weighted by molar-refractivity contribution is -0.0657. The first-order valence-electron chi connectivity index (χ1n) is 18.1. The molecule has 0 heterocycles. The van der Waals surface area contributed by atoms with Crippen LogP contribution in [0.4, 0.5) is 0 Å². The van der Waals surface area contributed by atoms with Gasteiger partial charge < -0.3 is 36.7 Å². The summed E-state index contributed by atoms with van der Waals surface area (Å²) in [7, 11) is -3.59. The van der Waals surface area contributed by atoms with Crippen LogP contribution in [-0.2, 0) is 36.7 Å². The van der Waals surface area contributed by atoms with E-state index >= 15 is 0 Å². The van der Waals surface area contributed by atoms with E-state index in [-0.39, 0.29) is 26.4 Å². The fourth-order valence-corrected chi connectivity index (χ4v) is 5.85. The molecule has 0 spiro atoms. The Balaban J connectivity index is 5.09.